The van der Waals surface area contributed by atoms with E-state index >= 15 is 0 Å². The van der Waals surface area contributed by atoms with Crippen molar-refractivity contribution in [1.82, 2.24) is 10.2 Å². The first kappa shape index (κ1) is 9.86. The van der Waals surface area contributed by atoms with Gasteiger partial charge < -0.3 is 10.4 Å². The molecule has 0 aromatic carbocycles. The lowest BCUT2D eigenvalue weighted by atomic mass is 9.93. The summed E-state index contributed by atoms with van der Waals surface area (Å²) in [7, 11) is 0. The Balaban J connectivity index is 1.86. The number of anilines is 1. The van der Waals surface area contributed by atoms with E-state index in [0.717, 1.165) is 35.8 Å². The van der Waals surface area contributed by atoms with E-state index < -0.39 is 0 Å². The highest BCUT2D eigenvalue weighted by molar-refractivity contribution is 7.15. The second kappa shape index (κ2) is 4.23. The Bertz CT molecular complexity index is 294. The van der Waals surface area contributed by atoms with Crippen molar-refractivity contribution in [3.63, 3.8) is 0 Å². The quantitative estimate of drug-likeness (QED) is 0.782. The Morgan fingerprint density at radius 1 is 1.29 bits per heavy atom. The molecule has 1 aliphatic rings. The number of nitrogens with zero attached hydrogens (tertiary/aromatic N) is 2. The molecule has 1 saturated carbocycles. The molecule has 5 heteroatoms. The summed E-state index contributed by atoms with van der Waals surface area (Å²) in [4.78, 5) is 0. The Labute approximate surface area is 87.4 Å². The van der Waals surface area contributed by atoms with Crippen LogP contribution < -0.4 is 5.32 Å². The van der Waals surface area contributed by atoms with Crippen LogP contribution in [0.15, 0.2) is 0 Å². The third-order valence-electron chi connectivity index (χ3n) is 2.55. The number of hydrogen-bond donors (Lipinski definition) is 2. The van der Waals surface area contributed by atoms with Crippen molar-refractivity contribution in [2.45, 2.75) is 44.8 Å². The minimum absolute atomic E-state index is 0.0933. The Morgan fingerprint density at radius 3 is 2.57 bits per heavy atom. The predicted octanol–water partition coefficient (Wildman–Crippen LogP) is 1.56. The fraction of sp³-hybridized carbons (Fsp3) is 0.778. The van der Waals surface area contributed by atoms with Crippen LogP contribution in [0.2, 0.25) is 0 Å². The summed E-state index contributed by atoms with van der Waals surface area (Å²) < 4.78 is 0. The van der Waals surface area contributed by atoms with Crippen molar-refractivity contribution in [2.75, 3.05) is 5.32 Å². The summed E-state index contributed by atoms with van der Waals surface area (Å²) in [6.07, 6.45) is 3.76. The maximum absolute atomic E-state index is 9.34. The molecule has 0 bridgehead atoms. The van der Waals surface area contributed by atoms with E-state index in [0.29, 0.717) is 6.04 Å². The van der Waals surface area contributed by atoms with E-state index in [1.807, 2.05) is 6.92 Å². The third kappa shape index (κ3) is 2.42. The average molecular weight is 213 g/mol. The first-order valence-electron chi connectivity index (χ1n) is 4.99. The molecule has 4 nitrogen and oxygen atoms in total. The smallest absolute Gasteiger partial charge is 0.205 e. The Kier molecular flexibility index (Phi) is 2.98. The van der Waals surface area contributed by atoms with Crippen molar-refractivity contribution in [2.24, 2.45) is 0 Å². The summed E-state index contributed by atoms with van der Waals surface area (Å²) in [5, 5.41) is 22.6. The normalized spacial score (nSPS) is 27.6. The maximum Gasteiger partial charge on any atom is 0.205 e. The molecule has 14 heavy (non-hydrogen) atoms. The number of aryl methyl sites for hydroxylation is 1. The number of hydrogen-bond acceptors (Lipinski definition) is 5. The minimum atomic E-state index is -0.0933. The first-order valence-corrected chi connectivity index (χ1v) is 5.80. The van der Waals surface area contributed by atoms with Crippen molar-refractivity contribution in [3.8, 4) is 0 Å². The lowest BCUT2D eigenvalue weighted by molar-refractivity contribution is 0.126. The van der Waals surface area contributed by atoms with Crippen molar-refractivity contribution < 1.29 is 5.11 Å². The molecule has 0 aliphatic heterocycles. The van der Waals surface area contributed by atoms with Crippen molar-refractivity contribution >= 4 is 16.5 Å². The van der Waals surface area contributed by atoms with Crippen molar-refractivity contribution in [3.05, 3.63) is 5.01 Å². The van der Waals surface area contributed by atoms with Gasteiger partial charge in [-0.05, 0) is 32.6 Å². The van der Waals surface area contributed by atoms with Crippen LogP contribution in [0, 0.1) is 6.92 Å². The van der Waals surface area contributed by atoms with Gasteiger partial charge in [-0.1, -0.05) is 11.3 Å². The monoisotopic (exact) mass is 213 g/mol. The van der Waals surface area contributed by atoms with Gasteiger partial charge in [-0.15, -0.1) is 10.2 Å². The van der Waals surface area contributed by atoms with Gasteiger partial charge in [-0.25, -0.2) is 0 Å². The molecule has 1 heterocycles. The number of nitrogens with one attached hydrogen (secondary N) is 1. The van der Waals surface area contributed by atoms with Gasteiger partial charge in [-0.3, -0.25) is 0 Å². The van der Waals surface area contributed by atoms with Crippen LogP contribution in [0.3, 0.4) is 0 Å². The van der Waals surface area contributed by atoms with Crippen LogP contribution in [0.1, 0.15) is 30.7 Å². The average Bonchev–Trinajstić information content (AvgIpc) is 2.56. The van der Waals surface area contributed by atoms with Gasteiger partial charge in [0, 0.05) is 6.04 Å². The largest absolute Gasteiger partial charge is 0.393 e. The molecule has 0 saturated heterocycles. The summed E-state index contributed by atoms with van der Waals surface area (Å²) in [5.41, 5.74) is 0. The lowest BCUT2D eigenvalue weighted by Crippen LogP contribution is -2.28. The second-order valence-corrected chi connectivity index (χ2v) is 4.96. The fourth-order valence-electron chi connectivity index (χ4n) is 1.75. The standard InChI is InChI=1S/C9H15N3OS/c1-6-11-12-9(14-6)10-7-2-4-8(13)5-3-7/h7-8,13H,2-5H2,1H3,(H,10,12). The number of aliphatic hydroxyl groups excluding tert-OH is 1. The SMILES string of the molecule is Cc1nnc(NC2CCC(O)CC2)s1. The highest BCUT2D eigenvalue weighted by atomic mass is 32.1. The van der Waals surface area contributed by atoms with Crippen molar-refractivity contribution in [1.29, 1.82) is 0 Å². The molecule has 1 aromatic heterocycles. The highest BCUT2D eigenvalue weighted by Crippen LogP contribution is 2.23. The number of aliphatic hydroxyl groups is 1. The molecular formula is C9H15N3OS. The summed E-state index contributed by atoms with van der Waals surface area (Å²) >= 11 is 1.59. The molecule has 0 amide bonds. The zero-order valence-electron chi connectivity index (χ0n) is 8.23. The highest BCUT2D eigenvalue weighted by Gasteiger charge is 2.19. The predicted molar refractivity (Wildman–Crippen MR) is 56.5 cm³/mol. The van der Waals surface area contributed by atoms with Crippen LogP contribution in [-0.4, -0.2) is 27.4 Å². The van der Waals surface area contributed by atoms with Gasteiger partial charge in [0.1, 0.15) is 5.01 Å². The van der Waals surface area contributed by atoms with E-state index in [9.17, 15) is 5.11 Å². The molecule has 1 aliphatic carbocycles. The molecule has 2 rings (SSSR count). The zero-order chi connectivity index (χ0) is 9.97. The summed E-state index contributed by atoms with van der Waals surface area (Å²) in [6.45, 7) is 1.95. The van der Waals surface area contributed by atoms with Gasteiger partial charge >= 0.3 is 0 Å². The number of aromatic nitrogens is 2. The van der Waals surface area contributed by atoms with Crippen LogP contribution in [-0.2, 0) is 0 Å². The van der Waals surface area contributed by atoms with E-state index in [1.54, 1.807) is 11.3 Å². The van der Waals surface area contributed by atoms with E-state index in [1.165, 1.54) is 0 Å². The van der Waals surface area contributed by atoms with Gasteiger partial charge in [0.25, 0.3) is 0 Å². The van der Waals surface area contributed by atoms with Crippen LogP contribution >= 0.6 is 11.3 Å². The third-order valence-corrected chi connectivity index (χ3v) is 3.32. The molecule has 0 atom stereocenters. The van der Waals surface area contributed by atoms with Gasteiger partial charge in [0.2, 0.25) is 5.13 Å². The van der Waals surface area contributed by atoms with Gasteiger partial charge in [-0.2, -0.15) is 0 Å². The second-order valence-electron chi connectivity index (χ2n) is 3.78. The molecule has 0 unspecified atom stereocenters. The lowest BCUT2D eigenvalue weighted by Gasteiger charge is -2.25. The molecule has 2 N–H and O–H groups in total. The summed E-state index contributed by atoms with van der Waals surface area (Å²) in [5.74, 6) is 0. The van der Waals surface area contributed by atoms with E-state index in [4.69, 9.17) is 0 Å². The summed E-state index contributed by atoms with van der Waals surface area (Å²) in [6, 6.07) is 0.464. The molecule has 1 fully saturated rings. The van der Waals surface area contributed by atoms with Crippen LogP contribution in [0.25, 0.3) is 0 Å². The Morgan fingerprint density at radius 2 is 2.00 bits per heavy atom. The Hall–Kier alpha value is -0.680. The maximum atomic E-state index is 9.34. The molecule has 0 radical (unpaired) electrons. The molecule has 1 aromatic rings. The van der Waals surface area contributed by atoms with E-state index in [2.05, 4.69) is 15.5 Å². The van der Waals surface area contributed by atoms with Gasteiger partial charge in [0.05, 0.1) is 6.10 Å². The number of rotatable bonds is 2. The minimum Gasteiger partial charge on any atom is -0.393 e. The molecule has 78 valence electrons. The first-order chi connectivity index (χ1) is 6.74. The molecule has 0 spiro atoms. The van der Waals surface area contributed by atoms with E-state index in [-0.39, 0.29) is 6.10 Å². The zero-order valence-corrected chi connectivity index (χ0v) is 9.05. The topological polar surface area (TPSA) is 58.0 Å². The van der Waals surface area contributed by atoms with Crippen LogP contribution in [0.5, 0.6) is 0 Å². The fourth-order valence-corrected chi connectivity index (χ4v) is 2.42. The van der Waals surface area contributed by atoms with Crippen LogP contribution in [0.4, 0.5) is 5.13 Å². The molecular weight excluding hydrogens is 198 g/mol. The van der Waals surface area contributed by atoms with Gasteiger partial charge in [0.15, 0.2) is 0 Å².